The summed E-state index contributed by atoms with van der Waals surface area (Å²) in [7, 11) is 0. The van der Waals surface area contributed by atoms with Gasteiger partial charge < -0.3 is 5.32 Å². The molecule has 0 unspecified atom stereocenters. The predicted molar refractivity (Wildman–Crippen MR) is 69.9 cm³/mol. The van der Waals surface area contributed by atoms with E-state index in [4.69, 9.17) is 0 Å². The second-order valence-electron chi connectivity index (χ2n) is 4.50. The second-order valence-corrected chi connectivity index (χ2v) is 4.50. The van der Waals surface area contributed by atoms with Gasteiger partial charge in [-0.25, -0.2) is 18.2 Å². The van der Waals surface area contributed by atoms with E-state index in [9.17, 15) is 13.2 Å². The molecular formula is C14H15F3N2. The first-order chi connectivity index (χ1) is 8.97. The number of pyridine rings is 1. The van der Waals surface area contributed by atoms with Crippen molar-refractivity contribution in [3.05, 3.63) is 34.8 Å². The molecule has 0 amide bonds. The van der Waals surface area contributed by atoms with Crippen LogP contribution in [0.5, 0.6) is 0 Å². The van der Waals surface area contributed by atoms with Crippen molar-refractivity contribution in [1.82, 2.24) is 4.98 Å². The Bertz CT molecular complexity index is 639. The van der Waals surface area contributed by atoms with Gasteiger partial charge in [0, 0.05) is 18.3 Å². The van der Waals surface area contributed by atoms with Crippen LogP contribution in [-0.2, 0) is 0 Å². The minimum Gasteiger partial charge on any atom is -0.384 e. The van der Waals surface area contributed by atoms with Crippen molar-refractivity contribution in [1.29, 1.82) is 0 Å². The van der Waals surface area contributed by atoms with E-state index in [1.165, 1.54) is 0 Å². The second kappa shape index (κ2) is 5.07. The van der Waals surface area contributed by atoms with Crippen molar-refractivity contribution in [3.63, 3.8) is 0 Å². The summed E-state index contributed by atoms with van der Waals surface area (Å²) in [5, 5.41) is 3.07. The van der Waals surface area contributed by atoms with Crippen LogP contribution in [0.15, 0.2) is 6.07 Å². The van der Waals surface area contributed by atoms with Crippen LogP contribution in [0.25, 0.3) is 10.9 Å². The zero-order chi connectivity index (χ0) is 14.2. The number of nitrogens with one attached hydrogen (secondary N) is 1. The van der Waals surface area contributed by atoms with E-state index in [0.29, 0.717) is 24.0 Å². The molecule has 2 aromatic rings. The van der Waals surface area contributed by atoms with Crippen LogP contribution in [0.2, 0.25) is 0 Å². The molecule has 1 N–H and O–H groups in total. The first-order valence-corrected chi connectivity index (χ1v) is 6.15. The molecule has 1 aromatic heterocycles. The Kier molecular flexibility index (Phi) is 3.64. The number of aryl methyl sites for hydroxylation is 1. The van der Waals surface area contributed by atoms with E-state index >= 15 is 0 Å². The number of anilines is 1. The Morgan fingerprint density at radius 1 is 1.16 bits per heavy atom. The van der Waals surface area contributed by atoms with Gasteiger partial charge in [0.05, 0.1) is 11.1 Å². The fourth-order valence-electron chi connectivity index (χ4n) is 2.02. The lowest BCUT2D eigenvalue weighted by molar-refractivity contribution is 0.504. The Hall–Kier alpha value is -1.78. The van der Waals surface area contributed by atoms with Crippen LogP contribution in [0.1, 0.15) is 24.6 Å². The van der Waals surface area contributed by atoms with Gasteiger partial charge >= 0.3 is 0 Å². The summed E-state index contributed by atoms with van der Waals surface area (Å²) in [6, 6.07) is 0.561. The molecule has 0 atom stereocenters. The third-order valence-corrected chi connectivity index (χ3v) is 3.15. The molecule has 0 aliphatic heterocycles. The van der Waals surface area contributed by atoms with Gasteiger partial charge in [-0.05, 0) is 25.8 Å². The molecule has 0 radical (unpaired) electrons. The van der Waals surface area contributed by atoms with Crippen molar-refractivity contribution in [2.24, 2.45) is 0 Å². The third-order valence-electron chi connectivity index (χ3n) is 3.15. The number of hydrogen-bond donors (Lipinski definition) is 1. The molecular weight excluding hydrogens is 253 g/mol. The predicted octanol–water partition coefficient (Wildman–Crippen LogP) is 4.09. The first-order valence-electron chi connectivity index (χ1n) is 6.15. The Morgan fingerprint density at radius 3 is 2.47 bits per heavy atom. The molecule has 1 aromatic carbocycles. The zero-order valence-electron chi connectivity index (χ0n) is 11.1. The molecule has 1 heterocycles. The summed E-state index contributed by atoms with van der Waals surface area (Å²) in [6.45, 7) is 6.06. The van der Waals surface area contributed by atoms with Gasteiger partial charge in [-0.2, -0.15) is 0 Å². The molecule has 0 saturated heterocycles. The number of nitrogens with zero attached hydrogens (tertiary/aromatic N) is 1. The fraction of sp³-hybridized carbons (Fsp3) is 0.357. The molecule has 0 aliphatic rings. The lowest BCUT2D eigenvalue weighted by Gasteiger charge is -2.15. The van der Waals surface area contributed by atoms with Gasteiger partial charge in [-0.3, -0.25) is 0 Å². The SMILES string of the molecule is CCCNc1c(C)c(C)nc2c(F)c(F)cc(F)c12. The van der Waals surface area contributed by atoms with E-state index in [0.717, 1.165) is 12.0 Å². The topological polar surface area (TPSA) is 24.9 Å². The van der Waals surface area contributed by atoms with E-state index in [1.807, 2.05) is 6.92 Å². The van der Waals surface area contributed by atoms with Crippen LogP contribution in [0.3, 0.4) is 0 Å². The standard InChI is InChI=1S/C14H15F3N2/c1-4-5-18-13-7(2)8(3)19-14-11(13)9(15)6-10(16)12(14)17/h6H,4-5H2,1-3H3,(H,18,19). The number of benzene rings is 1. The van der Waals surface area contributed by atoms with Crippen LogP contribution in [-0.4, -0.2) is 11.5 Å². The smallest absolute Gasteiger partial charge is 0.185 e. The Morgan fingerprint density at radius 2 is 1.84 bits per heavy atom. The molecule has 0 saturated carbocycles. The largest absolute Gasteiger partial charge is 0.384 e. The molecule has 0 fully saturated rings. The lowest BCUT2D eigenvalue weighted by atomic mass is 10.1. The molecule has 2 rings (SSSR count). The van der Waals surface area contributed by atoms with Crippen LogP contribution in [0, 0.1) is 31.3 Å². The monoisotopic (exact) mass is 268 g/mol. The van der Waals surface area contributed by atoms with E-state index < -0.39 is 17.5 Å². The summed E-state index contributed by atoms with van der Waals surface area (Å²) in [5.74, 6) is -3.13. The number of fused-ring (bicyclic) bond motifs is 1. The quantitative estimate of drug-likeness (QED) is 0.848. The van der Waals surface area contributed by atoms with Gasteiger partial charge in [0.2, 0.25) is 0 Å². The molecule has 5 heteroatoms. The Labute approximate surface area is 109 Å². The van der Waals surface area contributed by atoms with Crippen LogP contribution in [0.4, 0.5) is 18.9 Å². The number of hydrogen-bond acceptors (Lipinski definition) is 2. The van der Waals surface area contributed by atoms with E-state index in [1.54, 1.807) is 13.8 Å². The van der Waals surface area contributed by atoms with Crippen molar-refractivity contribution in [2.75, 3.05) is 11.9 Å². The first kappa shape index (κ1) is 13.6. The summed E-state index contributed by atoms with van der Waals surface area (Å²) in [5.41, 5.74) is 1.51. The van der Waals surface area contributed by atoms with E-state index in [2.05, 4.69) is 10.3 Å². The number of rotatable bonds is 3. The van der Waals surface area contributed by atoms with Crippen molar-refractivity contribution < 1.29 is 13.2 Å². The fourth-order valence-corrected chi connectivity index (χ4v) is 2.02. The highest BCUT2D eigenvalue weighted by Gasteiger charge is 2.19. The maximum absolute atomic E-state index is 13.9. The van der Waals surface area contributed by atoms with E-state index in [-0.39, 0.29) is 10.9 Å². The van der Waals surface area contributed by atoms with Gasteiger partial charge in [0.1, 0.15) is 11.3 Å². The third kappa shape index (κ3) is 2.25. The maximum atomic E-state index is 13.9. The van der Waals surface area contributed by atoms with Crippen molar-refractivity contribution >= 4 is 16.6 Å². The summed E-state index contributed by atoms with van der Waals surface area (Å²) in [6.07, 6.45) is 0.841. The minimum absolute atomic E-state index is 0.00968. The highest BCUT2D eigenvalue weighted by molar-refractivity contribution is 5.94. The number of halogens is 3. The highest BCUT2D eigenvalue weighted by atomic mass is 19.2. The average molecular weight is 268 g/mol. The minimum atomic E-state index is -1.22. The summed E-state index contributed by atoms with van der Waals surface area (Å²) < 4.78 is 41.0. The van der Waals surface area contributed by atoms with Crippen molar-refractivity contribution in [3.8, 4) is 0 Å². The molecule has 102 valence electrons. The molecule has 0 bridgehead atoms. The normalized spacial score (nSPS) is 11.1. The summed E-state index contributed by atoms with van der Waals surface area (Å²) in [4.78, 5) is 3.97. The number of aromatic nitrogens is 1. The van der Waals surface area contributed by atoms with Gasteiger partial charge in [0.25, 0.3) is 0 Å². The van der Waals surface area contributed by atoms with Gasteiger partial charge in [0.15, 0.2) is 11.6 Å². The molecule has 19 heavy (non-hydrogen) atoms. The summed E-state index contributed by atoms with van der Waals surface area (Å²) >= 11 is 0. The van der Waals surface area contributed by atoms with Crippen molar-refractivity contribution in [2.45, 2.75) is 27.2 Å². The molecule has 0 spiro atoms. The Balaban J connectivity index is 2.84. The maximum Gasteiger partial charge on any atom is 0.185 e. The van der Waals surface area contributed by atoms with Crippen LogP contribution < -0.4 is 5.32 Å². The van der Waals surface area contributed by atoms with Crippen LogP contribution >= 0.6 is 0 Å². The van der Waals surface area contributed by atoms with Gasteiger partial charge in [-0.1, -0.05) is 6.92 Å². The zero-order valence-corrected chi connectivity index (χ0v) is 11.1. The van der Waals surface area contributed by atoms with Gasteiger partial charge in [-0.15, -0.1) is 0 Å². The molecule has 0 aliphatic carbocycles. The average Bonchev–Trinajstić information content (AvgIpc) is 2.37. The highest BCUT2D eigenvalue weighted by Crippen LogP contribution is 2.32. The molecule has 2 nitrogen and oxygen atoms in total. The lowest BCUT2D eigenvalue weighted by Crippen LogP contribution is -2.07.